The Labute approximate surface area is 101 Å². The second-order valence-corrected chi connectivity index (χ2v) is 5.14. The van der Waals surface area contributed by atoms with Gasteiger partial charge >= 0.3 is 5.97 Å². The summed E-state index contributed by atoms with van der Waals surface area (Å²) in [5, 5.41) is 3.17. The number of ether oxygens (including phenoxy) is 2. The molecule has 94 valence electrons. The van der Waals surface area contributed by atoms with Crippen LogP contribution in [0.1, 0.15) is 12.8 Å². The number of nitrogens with one attached hydrogen (secondary N) is 1. The first-order valence-electron chi connectivity index (χ1n) is 5.55. The minimum atomic E-state index is -0.493. The smallest absolute Gasteiger partial charge is 0.327 e. The Morgan fingerprint density at radius 3 is 2.62 bits per heavy atom. The molecule has 0 aromatic heterocycles. The molecule has 1 unspecified atom stereocenters. The fourth-order valence-corrected chi connectivity index (χ4v) is 3.10. The topological polar surface area (TPSA) is 47.6 Å². The van der Waals surface area contributed by atoms with Gasteiger partial charge in [-0.15, -0.1) is 0 Å². The summed E-state index contributed by atoms with van der Waals surface area (Å²) in [7, 11) is 4.98. The van der Waals surface area contributed by atoms with E-state index in [-0.39, 0.29) is 5.97 Å². The number of hydrogen-bond acceptors (Lipinski definition) is 5. The number of carbonyl (C=O) groups is 1. The average Bonchev–Trinajstić information content (AvgIpc) is 3.13. The number of methoxy groups -OCH3 is 2. The second-order valence-electron chi connectivity index (χ2n) is 4.03. The summed E-state index contributed by atoms with van der Waals surface area (Å²) in [5.74, 6) is 1.95. The second kappa shape index (κ2) is 6.47. The molecule has 1 saturated carbocycles. The summed E-state index contributed by atoms with van der Waals surface area (Å²) >= 11 is 1.73. The molecule has 0 radical (unpaired) electrons. The molecule has 5 heteroatoms. The number of carbonyl (C=O) groups excluding carboxylic acids is 1. The zero-order valence-electron chi connectivity index (χ0n) is 10.2. The molecular formula is C11H21NO3S. The van der Waals surface area contributed by atoms with Crippen LogP contribution in [-0.4, -0.2) is 50.9 Å². The summed E-state index contributed by atoms with van der Waals surface area (Å²) < 4.78 is 9.91. The van der Waals surface area contributed by atoms with Gasteiger partial charge in [0, 0.05) is 18.6 Å². The van der Waals surface area contributed by atoms with Crippen molar-refractivity contribution >= 4 is 17.7 Å². The van der Waals surface area contributed by atoms with E-state index in [2.05, 4.69) is 5.32 Å². The Morgan fingerprint density at radius 1 is 1.50 bits per heavy atom. The van der Waals surface area contributed by atoms with E-state index in [4.69, 9.17) is 9.47 Å². The van der Waals surface area contributed by atoms with E-state index in [0.717, 1.165) is 31.0 Å². The van der Waals surface area contributed by atoms with Crippen molar-refractivity contribution in [2.45, 2.75) is 18.4 Å². The Kier molecular flexibility index (Phi) is 5.58. The van der Waals surface area contributed by atoms with Gasteiger partial charge in [-0.2, -0.15) is 11.8 Å². The van der Waals surface area contributed by atoms with Crippen LogP contribution >= 0.6 is 11.8 Å². The van der Waals surface area contributed by atoms with Gasteiger partial charge in [0.2, 0.25) is 0 Å². The third kappa shape index (κ3) is 3.12. The normalized spacial score (nSPS) is 19.2. The molecule has 1 atom stereocenters. The van der Waals surface area contributed by atoms with Crippen molar-refractivity contribution in [3.05, 3.63) is 0 Å². The highest BCUT2D eigenvalue weighted by Gasteiger charge is 2.50. The maximum atomic E-state index is 11.9. The van der Waals surface area contributed by atoms with Gasteiger partial charge in [0.1, 0.15) is 5.54 Å². The number of thioether (sulfide) groups is 1. The van der Waals surface area contributed by atoms with E-state index in [1.807, 2.05) is 7.05 Å². The van der Waals surface area contributed by atoms with Gasteiger partial charge in [-0.05, 0) is 25.8 Å². The van der Waals surface area contributed by atoms with Gasteiger partial charge in [0.15, 0.2) is 0 Å². The molecule has 4 nitrogen and oxygen atoms in total. The molecule has 1 rings (SSSR count). The molecule has 0 bridgehead atoms. The molecule has 0 aromatic carbocycles. The van der Waals surface area contributed by atoms with Gasteiger partial charge in [0.05, 0.1) is 13.7 Å². The monoisotopic (exact) mass is 247 g/mol. The minimum Gasteiger partial charge on any atom is -0.468 e. The Balaban J connectivity index is 2.52. The predicted molar refractivity (Wildman–Crippen MR) is 65.7 cm³/mol. The highest BCUT2D eigenvalue weighted by atomic mass is 32.2. The van der Waals surface area contributed by atoms with Crippen LogP contribution in [0, 0.1) is 5.92 Å². The highest BCUT2D eigenvalue weighted by molar-refractivity contribution is 7.99. The minimum absolute atomic E-state index is 0.137. The first-order chi connectivity index (χ1) is 7.71. The third-order valence-electron chi connectivity index (χ3n) is 3.03. The fraction of sp³-hybridized carbons (Fsp3) is 0.909. The highest BCUT2D eigenvalue weighted by Crippen LogP contribution is 2.41. The number of hydrogen-bond donors (Lipinski definition) is 1. The molecular weight excluding hydrogens is 226 g/mol. The lowest BCUT2D eigenvalue weighted by Gasteiger charge is -2.30. The lowest BCUT2D eigenvalue weighted by Crippen LogP contribution is -2.55. The molecule has 0 saturated heterocycles. The van der Waals surface area contributed by atoms with Gasteiger partial charge in [0.25, 0.3) is 0 Å². The number of likely N-dealkylation sites (N-methyl/N-ethyl adjacent to an activating group) is 1. The van der Waals surface area contributed by atoms with E-state index in [1.165, 1.54) is 7.11 Å². The molecule has 1 fully saturated rings. The lowest BCUT2D eigenvalue weighted by molar-refractivity contribution is -0.148. The SMILES string of the molecule is CNC(CSCCOC)(C(=O)OC)C1CC1. The van der Waals surface area contributed by atoms with Gasteiger partial charge < -0.3 is 14.8 Å². The van der Waals surface area contributed by atoms with Crippen LogP contribution in [-0.2, 0) is 14.3 Å². The van der Waals surface area contributed by atoms with Crippen molar-refractivity contribution in [2.24, 2.45) is 5.92 Å². The first-order valence-corrected chi connectivity index (χ1v) is 6.70. The molecule has 0 aliphatic heterocycles. The molecule has 16 heavy (non-hydrogen) atoms. The van der Waals surface area contributed by atoms with Crippen molar-refractivity contribution in [3.8, 4) is 0 Å². The number of esters is 1. The van der Waals surface area contributed by atoms with Gasteiger partial charge in [-0.1, -0.05) is 0 Å². The summed E-state index contributed by atoms with van der Waals surface area (Å²) in [5.41, 5.74) is -0.493. The molecule has 0 heterocycles. The molecule has 0 spiro atoms. The summed E-state index contributed by atoms with van der Waals surface area (Å²) in [6.07, 6.45) is 2.22. The standard InChI is InChI=1S/C11H21NO3S/c1-12-11(9-4-5-9,10(13)15-3)8-16-7-6-14-2/h9,12H,4-8H2,1-3H3. The van der Waals surface area contributed by atoms with E-state index < -0.39 is 5.54 Å². The van der Waals surface area contributed by atoms with Crippen LogP contribution in [0.25, 0.3) is 0 Å². The molecule has 0 amide bonds. The molecule has 1 N–H and O–H groups in total. The van der Waals surface area contributed by atoms with Crippen molar-refractivity contribution in [2.75, 3.05) is 39.4 Å². The summed E-state index contributed by atoms with van der Waals surface area (Å²) in [6, 6.07) is 0. The Bertz CT molecular complexity index is 233. The molecule has 1 aliphatic carbocycles. The summed E-state index contributed by atoms with van der Waals surface area (Å²) in [4.78, 5) is 11.9. The zero-order valence-corrected chi connectivity index (χ0v) is 11.1. The predicted octanol–water partition coefficient (Wildman–Crippen LogP) is 0.907. The van der Waals surface area contributed by atoms with E-state index >= 15 is 0 Å². The van der Waals surface area contributed by atoms with Crippen molar-refractivity contribution in [1.82, 2.24) is 5.32 Å². The zero-order chi connectivity index (χ0) is 12.0. The van der Waals surface area contributed by atoms with E-state index in [0.29, 0.717) is 5.92 Å². The van der Waals surface area contributed by atoms with Gasteiger partial charge in [-0.25, -0.2) is 0 Å². The van der Waals surface area contributed by atoms with Crippen LogP contribution in [0.5, 0.6) is 0 Å². The summed E-state index contributed by atoms with van der Waals surface area (Å²) in [6.45, 7) is 0.719. The van der Waals surface area contributed by atoms with Crippen molar-refractivity contribution in [3.63, 3.8) is 0 Å². The van der Waals surface area contributed by atoms with Crippen molar-refractivity contribution < 1.29 is 14.3 Å². The largest absolute Gasteiger partial charge is 0.468 e. The quantitative estimate of drug-likeness (QED) is 0.510. The molecule has 0 aromatic rings. The first kappa shape index (κ1) is 13.8. The van der Waals surface area contributed by atoms with Gasteiger partial charge in [-0.3, -0.25) is 4.79 Å². The van der Waals surface area contributed by atoms with Crippen LogP contribution in [0.4, 0.5) is 0 Å². The Morgan fingerprint density at radius 2 is 2.19 bits per heavy atom. The fourth-order valence-electron chi connectivity index (χ4n) is 1.86. The van der Waals surface area contributed by atoms with Crippen LogP contribution < -0.4 is 5.32 Å². The average molecular weight is 247 g/mol. The van der Waals surface area contributed by atoms with Crippen LogP contribution in [0.2, 0.25) is 0 Å². The number of rotatable bonds is 8. The van der Waals surface area contributed by atoms with Crippen molar-refractivity contribution in [1.29, 1.82) is 0 Å². The Hall–Kier alpha value is -0.260. The van der Waals surface area contributed by atoms with Crippen LogP contribution in [0.15, 0.2) is 0 Å². The maximum Gasteiger partial charge on any atom is 0.327 e. The third-order valence-corrected chi connectivity index (χ3v) is 4.15. The van der Waals surface area contributed by atoms with E-state index in [1.54, 1.807) is 18.9 Å². The lowest BCUT2D eigenvalue weighted by atomic mass is 9.96. The van der Waals surface area contributed by atoms with E-state index in [9.17, 15) is 4.79 Å². The van der Waals surface area contributed by atoms with Crippen LogP contribution in [0.3, 0.4) is 0 Å². The maximum absolute atomic E-state index is 11.9. The molecule has 1 aliphatic rings.